The van der Waals surface area contributed by atoms with Gasteiger partial charge in [0.2, 0.25) is 0 Å². The van der Waals surface area contributed by atoms with Gasteiger partial charge in [0.15, 0.2) is 0 Å². The van der Waals surface area contributed by atoms with Crippen molar-refractivity contribution in [2.75, 3.05) is 5.32 Å². The van der Waals surface area contributed by atoms with Crippen LogP contribution in [0.15, 0.2) is 18.2 Å². The number of amides is 1. The van der Waals surface area contributed by atoms with Crippen LogP contribution in [-0.4, -0.2) is 17.3 Å². The Balaban J connectivity index is 3.04. The lowest BCUT2D eigenvalue weighted by Crippen LogP contribution is -2.20. The zero-order valence-corrected chi connectivity index (χ0v) is 8.24. The van der Waals surface area contributed by atoms with E-state index < -0.39 is 22.9 Å². The first-order chi connectivity index (χ1) is 7.41. The monoisotopic (exact) mass is 230 g/mol. The van der Waals surface area contributed by atoms with Crippen LogP contribution in [0.5, 0.6) is 0 Å². The zero-order valence-electron chi connectivity index (χ0n) is 8.24. The average molecular weight is 230 g/mol. The molecule has 0 saturated heterocycles. The number of alkyl halides is 2. The molecule has 0 radical (unpaired) electrons. The van der Waals surface area contributed by atoms with Crippen molar-refractivity contribution in [3.05, 3.63) is 33.9 Å². The summed E-state index contributed by atoms with van der Waals surface area (Å²) in [5.41, 5.74) is -0.0448. The Bertz CT molecular complexity index is 435. The van der Waals surface area contributed by atoms with Crippen LogP contribution in [0, 0.1) is 17.0 Å². The van der Waals surface area contributed by atoms with E-state index in [9.17, 15) is 23.7 Å². The highest BCUT2D eigenvalue weighted by atomic mass is 19.3. The van der Waals surface area contributed by atoms with Crippen molar-refractivity contribution in [3.63, 3.8) is 0 Å². The van der Waals surface area contributed by atoms with Gasteiger partial charge in [0, 0.05) is 6.07 Å². The van der Waals surface area contributed by atoms with Gasteiger partial charge in [0.1, 0.15) is 5.69 Å². The Labute approximate surface area is 89.2 Å². The third kappa shape index (κ3) is 2.72. The van der Waals surface area contributed by atoms with E-state index in [2.05, 4.69) is 0 Å². The van der Waals surface area contributed by atoms with Crippen LogP contribution in [0.3, 0.4) is 0 Å². The van der Waals surface area contributed by atoms with E-state index in [0.717, 1.165) is 0 Å². The molecule has 86 valence electrons. The van der Waals surface area contributed by atoms with Crippen molar-refractivity contribution in [2.45, 2.75) is 13.3 Å². The third-order valence-electron chi connectivity index (χ3n) is 1.81. The zero-order chi connectivity index (χ0) is 12.3. The minimum Gasteiger partial charge on any atom is -0.315 e. The lowest BCUT2D eigenvalue weighted by Gasteiger charge is -2.05. The molecule has 0 saturated carbocycles. The minimum absolute atomic E-state index is 0.235. The standard InChI is InChI=1S/C9H8F2N2O3/c1-5-2-3-6(7(4-5)13(15)16)12-9(14)8(10)11/h2-4,8H,1H3,(H,12,14). The lowest BCUT2D eigenvalue weighted by molar-refractivity contribution is -0.384. The molecule has 0 aliphatic heterocycles. The molecule has 1 rings (SSSR count). The molecule has 1 aromatic rings. The highest BCUT2D eigenvalue weighted by Crippen LogP contribution is 2.25. The Kier molecular flexibility index (Phi) is 3.49. The number of carbonyl (C=O) groups is 1. The van der Waals surface area contributed by atoms with Gasteiger partial charge in [-0.05, 0) is 18.6 Å². The first-order valence-corrected chi connectivity index (χ1v) is 4.26. The van der Waals surface area contributed by atoms with Gasteiger partial charge in [-0.15, -0.1) is 0 Å². The summed E-state index contributed by atoms with van der Waals surface area (Å²) >= 11 is 0. The summed E-state index contributed by atoms with van der Waals surface area (Å²) in [7, 11) is 0. The number of carbonyl (C=O) groups excluding carboxylic acids is 1. The Morgan fingerprint density at radius 1 is 1.50 bits per heavy atom. The van der Waals surface area contributed by atoms with Crippen LogP contribution in [0.2, 0.25) is 0 Å². The van der Waals surface area contributed by atoms with E-state index in [1.807, 2.05) is 0 Å². The van der Waals surface area contributed by atoms with Gasteiger partial charge < -0.3 is 5.32 Å². The largest absolute Gasteiger partial charge is 0.315 e. The van der Waals surface area contributed by atoms with Gasteiger partial charge in [-0.2, -0.15) is 8.78 Å². The van der Waals surface area contributed by atoms with Gasteiger partial charge in [0.05, 0.1) is 4.92 Å². The molecule has 16 heavy (non-hydrogen) atoms. The second kappa shape index (κ2) is 4.65. The SMILES string of the molecule is Cc1ccc(NC(=O)C(F)F)c([N+](=O)[O-])c1. The quantitative estimate of drug-likeness (QED) is 0.638. The van der Waals surface area contributed by atoms with Crippen LogP contribution in [-0.2, 0) is 4.79 Å². The number of hydrogen-bond acceptors (Lipinski definition) is 3. The number of benzene rings is 1. The van der Waals surface area contributed by atoms with Crippen LogP contribution >= 0.6 is 0 Å². The number of rotatable bonds is 3. The average Bonchev–Trinajstić information content (AvgIpc) is 2.20. The number of hydrogen-bond donors (Lipinski definition) is 1. The second-order valence-electron chi connectivity index (χ2n) is 3.07. The molecule has 0 aliphatic carbocycles. The second-order valence-corrected chi connectivity index (χ2v) is 3.07. The first-order valence-electron chi connectivity index (χ1n) is 4.26. The van der Waals surface area contributed by atoms with Crippen molar-refractivity contribution in [2.24, 2.45) is 0 Å². The molecule has 0 atom stereocenters. The van der Waals surface area contributed by atoms with Crippen molar-refractivity contribution >= 4 is 17.3 Å². The van der Waals surface area contributed by atoms with Crippen molar-refractivity contribution in [3.8, 4) is 0 Å². The smallest absolute Gasteiger partial charge is 0.315 e. The number of halogens is 2. The lowest BCUT2D eigenvalue weighted by atomic mass is 10.2. The molecule has 0 fully saturated rings. The van der Waals surface area contributed by atoms with E-state index in [1.165, 1.54) is 18.2 Å². The van der Waals surface area contributed by atoms with Crippen LogP contribution < -0.4 is 5.32 Å². The molecule has 0 aromatic heterocycles. The summed E-state index contributed by atoms with van der Waals surface area (Å²) < 4.78 is 23.9. The number of nitrogens with one attached hydrogen (secondary N) is 1. The number of nitrogens with zero attached hydrogens (tertiary/aromatic N) is 1. The molecular formula is C9H8F2N2O3. The molecule has 5 nitrogen and oxygen atoms in total. The summed E-state index contributed by atoms with van der Waals surface area (Å²) in [6.07, 6.45) is -3.21. The van der Waals surface area contributed by atoms with Crippen molar-refractivity contribution in [1.29, 1.82) is 0 Å². The van der Waals surface area contributed by atoms with E-state index in [4.69, 9.17) is 0 Å². The maximum Gasteiger partial charge on any atom is 0.315 e. The number of nitro groups is 1. The van der Waals surface area contributed by atoms with E-state index >= 15 is 0 Å². The molecule has 0 unspecified atom stereocenters. The molecule has 1 N–H and O–H groups in total. The fourth-order valence-electron chi connectivity index (χ4n) is 1.09. The van der Waals surface area contributed by atoms with Gasteiger partial charge in [-0.1, -0.05) is 6.07 Å². The summed E-state index contributed by atoms with van der Waals surface area (Å²) in [6.45, 7) is 1.62. The van der Waals surface area contributed by atoms with E-state index in [0.29, 0.717) is 5.56 Å². The maximum atomic E-state index is 11.9. The van der Waals surface area contributed by atoms with Gasteiger partial charge >= 0.3 is 6.43 Å². The molecule has 0 spiro atoms. The van der Waals surface area contributed by atoms with Gasteiger partial charge in [-0.3, -0.25) is 14.9 Å². The molecular weight excluding hydrogens is 222 g/mol. The van der Waals surface area contributed by atoms with E-state index in [1.54, 1.807) is 12.2 Å². The summed E-state index contributed by atoms with van der Waals surface area (Å²) in [4.78, 5) is 20.5. The first kappa shape index (κ1) is 12.0. The van der Waals surface area contributed by atoms with Crippen molar-refractivity contribution < 1.29 is 18.5 Å². The predicted molar refractivity (Wildman–Crippen MR) is 52.5 cm³/mol. The Hall–Kier alpha value is -2.05. The van der Waals surface area contributed by atoms with E-state index in [-0.39, 0.29) is 5.69 Å². The fraction of sp³-hybridized carbons (Fsp3) is 0.222. The number of anilines is 1. The summed E-state index contributed by atoms with van der Waals surface area (Å²) in [5.74, 6) is -1.56. The van der Waals surface area contributed by atoms with Gasteiger partial charge in [-0.25, -0.2) is 0 Å². The van der Waals surface area contributed by atoms with Crippen LogP contribution in [0.1, 0.15) is 5.56 Å². The number of nitro benzene ring substituents is 1. The topological polar surface area (TPSA) is 72.2 Å². The summed E-state index contributed by atoms with van der Waals surface area (Å²) in [5, 5.41) is 12.4. The molecule has 7 heteroatoms. The molecule has 0 bridgehead atoms. The Morgan fingerprint density at radius 3 is 2.62 bits per heavy atom. The maximum absolute atomic E-state index is 11.9. The van der Waals surface area contributed by atoms with Crippen LogP contribution in [0.4, 0.5) is 20.2 Å². The molecule has 1 aromatic carbocycles. The van der Waals surface area contributed by atoms with Crippen LogP contribution in [0.25, 0.3) is 0 Å². The van der Waals surface area contributed by atoms with Gasteiger partial charge in [0.25, 0.3) is 11.6 Å². The van der Waals surface area contributed by atoms with Crippen molar-refractivity contribution in [1.82, 2.24) is 0 Å². The molecule has 0 aliphatic rings. The molecule has 1 amide bonds. The number of aryl methyl sites for hydroxylation is 1. The minimum atomic E-state index is -3.21. The third-order valence-corrected chi connectivity index (χ3v) is 1.81. The fourth-order valence-corrected chi connectivity index (χ4v) is 1.09. The Morgan fingerprint density at radius 2 is 2.12 bits per heavy atom. The highest BCUT2D eigenvalue weighted by molar-refractivity contribution is 5.95. The normalized spacial score (nSPS) is 10.2. The highest BCUT2D eigenvalue weighted by Gasteiger charge is 2.20. The molecule has 0 heterocycles. The predicted octanol–water partition coefficient (Wildman–Crippen LogP) is 2.11. The summed E-state index contributed by atoms with van der Waals surface area (Å²) in [6, 6.07) is 3.89.